The second kappa shape index (κ2) is 7.83. The summed E-state index contributed by atoms with van der Waals surface area (Å²) in [6, 6.07) is 8.82. The van der Waals surface area contributed by atoms with Crippen LogP contribution in [-0.2, 0) is 9.53 Å². The lowest BCUT2D eigenvalue weighted by atomic mass is 9.99. The van der Waals surface area contributed by atoms with E-state index in [9.17, 15) is 4.79 Å². The summed E-state index contributed by atoms with van der Waals surface area (Å²) < 4.78 is 5.27. The second-order valence-corrected chi connectivity index (χ2v) is 6.34. The number of hydrogen-bond donors (Lipinski definition) is 2. The molecule has 1 amide bonds. The normalized spacial score (nSPS) is 15.1. The molecule has 3 rings (SSSR count). The molecule has 0 unspecified atom stereocenters. The van der Waals surface area contributed by atoms with Gasteiger partial charge in [0.15, 0.2) is 0 Å². The maximum absolute atomic E-state index is 12.2. The summed E-state index contributed by atoms with van der Waals surface area (Å²) in [5, 5.41) is 7.00. The Kier molecular flexibility index (Phi) is 5.56. The van der Waals surface area contributed by atoms with Crippen molar-refractivity contribution < 1.29 is 9.53 Å². The van der Waals surface area contributed by atoms with Crippen LogP contribution in [0.1, 0.15) is 12.8 Å². The van der Waals surface area contributed by atoms with Crippen LogP contribution < -0.4 is 10.6 Å². The van der Waals surface area contributed by atoms with Crippen molar-refractivity contribution in [2.24, 2.45) is 5.92 Å². The van der Waals surface area contributed by atoms with Gasteiger partial charge in [0, 0.05) is 19.1 Å². The van der Waals surface area contributed by atoms with Crippen LogP contribution >= 0.6 is 23.2 Å². The number of amides is 1. The molecule has 1 aliphatic rings. The first kappa shape index (κ1) is 17.0. The Labute approximate surface area is 150 Å². The molecule has 0 aliphatic carbocycles. The van der Waals surface area contributed by atoms with E-state index in [4.69, 9.17) is 27.9 Å². The molecule has 0 radical (unpaired) electrons. The van der Waals surface area contributed by atoms with Crippen molar-refractivity contribution in [3.63, 3.8) is 0 Å². The summed E-state index contributed by atoms with van der Waals surface area (Å²) >= 11 is 12.2. The molecular formula is C17H17Cl2N3O2. The Hall–Kier alpha value is -1.82. The molecule has 0 atom stereocenters. The topological polar surface area (TPSA) is 63.2 Å². The van der Waals surface area contributed by atoms with Crippen LogP contribution in [0.5, 0.6) is 0 Å². The van der Waals surface area contributed by atoms with Crippen LogP contribution in [0.4, 0.5) is 17.2 Å². The first-order valence-electron chi connectivity index (χ1n) is 7.69. The fraction of sp³-hybridized carbons (Fsp3) is 0.294. The van der Waals surface area contributed by atoms with E-state index in [0.29, 0.717) is 40.5 Å². The number of rotatable bonds is 4. The number of carbonyl (C=O) groups is 1. The van der Waals surface area contributed by atoms with E-state index in [2.05, 4.69) is 15.6 Å². The van der Waals surface area contributed by atoms with E-state index in [0.717, 1.165) is 12.8 Å². The molecule has 2 aromatic rings. The van der Waals surface area contributed by atoms with Crippen LogP contribution in [0.3, 0.4) is 0 Å². The van der Waals surface area contributed by atoms with E-state index in [1.807, 2.05) is 0 Å². The number of para-hydroxylation sites is 1. The maximum Gasteiger partial charge on any atom is 0.227 e. The minimum absolute atomic E-state index is 0.00140. The fourth-order valence-corrected chi connectivity index (χ4v) is 2.98. The minimum atomic E-state index is -0.00140. The molecule has 1 fully saturated rings. The van der Waals surface area contributed by atoms with Crippen LogP contribution in [0.15, 0.2) is 36.5 Å². The van der Waals surface area contributed by atoms with Gasteiger partial charge in [-0.05, 0) is 37.1 Å². The summed E-state index contributed by atoms with van der Waals surface area (Å²) in [5.74, 6) is 0.600. The number of carbonyl (C=O) groups excluding carboxylic acids is 1. The number of anilines is 3. The third-order valence-corrected chi connectivity index (χ3v) is 4.47. The third kappa shape index (κ3) is 4.17. The number of nitrogens with zero attached hydrogens (tertiary/aromatic N) is 1. The molecular weight excluding hydrogens is 349 g/mol. The van der Waals surface area contributed by atoms with Crippen molar-refractivity contribution in [2.75, 3.05) is 23.8 Å². The van der Waals surface area contributed by atoms with Gasteiger partial charge in [-0.1, -0.05) is 29.3 Å². The molecule has 0 spiro atoms. The zero-order valence-electron chi connectivity index (χ0n) is 12.9. The standard InChI is InChI=1S/C17H17Cl2N3O2/c18-13-2-1-3-14(19)16(13)22-15-5-4-12(10-20-15)21-17(23)11-6-8-24-9-7-11/h1-5,10-11H,6-9H2,(H,20,22)(H,21,23). The quantitative estimate of drug-likeness (QED) is 0.837. The Morgan fingerprint density at radius 3 is 2.46 bits per heavy atom. The van der Waals surface area contributed by atoms with Crippen LogP contribution in [0, 0.1) is 5.92 Å². The number of benzene rings is 1. The molecule has 1 saturated heterocycles. The number of aromatic nitrogens is 1. The fourth-order valence-electron chi connectivity index (χ4n) is 2.49. The number of nitrogens with one attached hydrogen (secondary N) is 2. The van der Waals surface area contributed by atoms with Crippen molar-refractivity contribution in [3.05, 3.63) is 46.6 Å². The van der Waals surface area contributed by atoms with Gasteiger partial charge in [0.1, 0.15) is 5.82 Å². The van der Waals surface area contributed by atoms with Crippen molar-refractivity contribution >= 4 is 46.3 Å². The Balaban J connectivity index is 1.64. The zero-order chi connectivity index (χ0) is 16.9. The molecule has 7 heteroatoms. The second-order valence-electron chi connectivity index (χ2n) is 5.53. The highest BCUT2D eigenvalue weighted by atomic mass is 35.5. The highest BCUT2D eigenvalue weighted by Crippen LogP contribution is 2.32. The number of hydrogen-bond acceptors (Lipinski definition) is 4. The molecule has 0 saturated carbocycles. The molecule has 0 bridgehead atoms. The number of ether oxygens (including phenoxy) is 1. The van der Waals surface area contributed by atoms with Crippen LogP contribution in [-0.4, -0.2) is 24.1 Å². The predicted octanol–water partition coefficient (Wildman–Crippen LogP) is 4.50. The maximum atomic E-state index is 12.2. The van der Waals surface area contributed by atoms with Gasteiger partial charge in [0.2, 0.25) is 5.91 Å². The predicted molar refractivity (Wildman–Crippen MR) is 96.2 cm³/mol. The van der Waals surface area contributed by atoms with E-state index < -0.39 is 0 Å². The van der Waals surface area contributed by atoms with Gasteiger partial charge in [0.25, 0.3) is 0 Å². The number of halogens is 2. The highest BCUT2D eigenvalue weighted by molar-refractivity contribution is 6.39. The molecule has 2 heterocycles. The van der Waals surface area contributed by atoms with Crippen molar-refractivity contribution in [3.8, 4) is 0 Å². The van der Waals surface area contributed by atoms with Gasteiger partial charge in [-0.3, -0.25) is 4.79 Å². The van der Waals surface area contributed by atoms with Gasteiger partial charge in [-0.15, -0.1) is 0 Å². The average molecular weight is 366 g/mol. The minimum Gasteiger partial charge on any atom is -0.381 e. The summed E-state index contributed by atoms with van der Waals surface area (Å²) in [6.07, 6.45) is 3.11. The van der Waals surface area contributed by atoms with Crippen molar-refractivity contribution in [2.45, 2.75) is 12.8 Å². The number of pyridine rings is 1. The summed E-state index contributed by atoms with van der Waals surface area (Å²) in [4.78, 5) is 16.5. The van der Waals surface area contributed by atoms with Crippen LogP contribution in [0.25, 0.3) is 0 Å². The lowest BCUT2D eigenvalue weighted by molar-refractivity contribution is -0.122. The summed E-state index contributed by atoms with van der Waals surface area (Å²) in [6.45, 7) is 1.27. The largest absolute Gasteiger partial charge is 0.381 e. The zero-order valence-corrected chi connectivity index (χ0v) is 14.4. The van der Waals surface area contributed by atoms with E-state index in [-0.39, 0.29) is 11.8 Å². The van der Waals surface area contributed by atoms with Crippen molar-refractivity contribution in [1.29, 1.82) is 0 Å². The Morgan fingerprint density at radius 1 is 1.12 bits per heavy atom. The molecule has 2 N–H and O–H groups in total. The lowest BCUT2D eigenvalue weighted by Gasteiger charge is -2.21. The third-order valence-electron chi connectivity index (χ3n) is 3.84. The first-order valence-corrected chi connectivity index (χ1v) is 8.45. The van der Waals surface area contributed by atoms with Gasteiger partial charge in [-0.2, -0.15) is 0 Å². The van der Waals surface area contributed by atoms with Gasteiger partial charge >= 0.3 is 0 Å². The van der Waals surface area contributed by atoms with Gasteiger partial charge < -0.3 is 15.4 Å². The molecule has 126 valence electrons. The van der Waals surface area contributed by atoms with E-state index in [1.165, 1.54) is 0 Å². The molecule has 1 aromatic heterocycles. The smallest absolute Gasteiger partial charge is 0.227 e. The summed E-state index contributed by atoms with van der Waals surface area (Å²) in [7, 11) is 0. The average Bonchev–Trinajstić information content (AvgIpc) is 2.60. The molecule has 1 aliphatic heterocycles. The molecule has 5 nitrogen and oxygen atoms in total. The highest BCUT2D eigenvalue weighted by Gasteiger charge is 2.21. The van der Waals surface area contributed by atoms with Crippen LogP contribution in [0.2, 0.25) is 10.0 Å². The van der Waals surface area contributed by atoms with Gasteiger partial charge in [0.05, 0.1) is 27.6 Å². The van der Waals surface area contributed by atoms with Gasteiger partial charge in [-0.25, -0.2) is 4.98 Å². The monoisotopic (exact) mass is 365 g/mol. The van der Waals surface area contributed by atoms with E-state index in [1.54, 1.807) is 36.5 Å². The molecule has 24 heavy (non-hydrogen) atoms. The summed E-state index contributed by atoms with van der Waals surface area (Å²) in [5.41, 5.74) is 1.26. The Morgan fingerprint density at radius 2 is 1.83 bits per heavy atom. The van der Waals surface area contributed by atoms with E-state index >= 15 is 0 Å². The first-order chi connectivity index (χ1) is 11.6. The lowest BCUT2D eigenvalue weighted by Crippen LogP contribution is -2.28. The van der Waals surface area contributed by atoms with Crippen molar-refractivity contribution in [1.82, 2.24) is 4.98 Å². The molecule has 1 aromatic carbocycles. The SMILES string of the molecule is O=C(Nc1ccc(Nc2c(Cl)cccc2Cl)nc1)C1CCOCC1. The Bertz CT molecular complexity index is 696.